The van der Waals surface area contributed by atoms with E-state index in [0.717, 1.165) is 16.3 Å². The number of anilines is 1. The Balaban J connectivity index is 2.10. The van der Waals surface area contributed by atoms with Crippen molar-refractivity contribution >= 4 is 38.8 Å². The van der Waals surface area contributed by atoms with E-state index in [-0.39, 0.29) is 17.2 Å². The zero-order valence-corrected chi connectivity index (χ0v) is 15.4. The molecule has 4 aromatic rings. The first-order chi connectivity index (χ1) is 12.9. The van der Waals surface area contributed by atoms with Crippen molar-refractivity contribution in [2.45, 2.75) is 13.5 Å². The molecule has 0 saturated heterocycles. The first-order valence-electron chi connectivity index (χ1n) is 8.74. The number of likely N-dealkylation sites (N-methyl/N-ethyl adjacent to an activating group) is 1. The third kappa shape index (κ3) is 2.67. The molecule has 0 atom stereocenters. The van der Waals surface area contributed by atoms with Crippen molar-refractivity contribution in [3.8, 4) is 0 Å². The van der Waals surface area contributed by atoms with E-state index in [0.29, 0.717) is 29.7 Å². The fraction of sp³-hybridized carbons (Fsp3) is 0.250. The maximum absolute atomic E-state index is 13.1. The Kier molecular flexibility index (Phi) is 3.96. The quantitative estimate of drug-likeness (QED) is 0.598. The number of amides is 1. The van der Waals surface area contributed by atoms with Crippen molar-refractivity contribution in [3.05, 3.63) is 57.2 Å². The fourth-order valence-corrected chi connectivity index (χ4v) is 3.57. The van der Waals surface area contributed by atoms with Gasteiger partial charge in [-0.25, -0.2) is 4.79 Å². The number of hydrogen-bond acceptors (Lipinski definition) is 4. The predicted molar refractivity (Wildman–Crippen MR) is 107 cm³/mol. The first kappa shape index (κ1) is 17.2. The minimum Gasteiger partial charge on any atom is -0.326 e. The first-order valence-corrected chi connectivity index (χ1v) is 8.74. The average Bonchev–Trinajstić information content (AvgIpc) is 2.94. The fourth-order valence-electron chi connectivity index (χ4n) is 3.57. The van der Waals surface area contributed by atoms with Gasteiger partial charge in [0.15, 0.2) is 0 Å². The van der Waals surface area contributed by atoms with Crippen LogP contribution < -0.4 is 16.6 Å². The Hall–Kier alpha value is -3.19. The number of para-hydroxylation sites is 1. The van der Waals surface area contributed by atoms with E-state index in [1.165, 1.54) is 11.5 Å². The molecule has 138 valence electrons. The van der Waals surface area contributed by atoms with Crippen LogP contribution in [0.2, 0.25) is 0 Å². The van der Waals surface area contributed by atoms with Crippen LogP contribution in [0.1, 0.15) is 6.92 Å². The Morgan fingerprint density at radius 2 is 1.81 bits per heavy atom. The highest BCUT2D eigenvalue weighted by molar-refractivity contribution is 6.14. The molecule has 4 rings (SSSR count). The number of benzene rings is 2. The molecule has 2 aromatic carbocycles. The van der Waals surface area contributed by atoms with Crippen LogP contribution in [0.4, 0.5) is 5.69 Å². The molecule has 0 aliphatic rings. The Morgan fingerprint density at radius 1 is 1.07 bits per heavy atom. The predicted octanol–water partition coefficient (Wildman–Crippen LogP) is 1.73. The van der Waals surface area contributed by atoms with E-state index < -0.39 is 0 Å². The summed E-state index contributed by atoms with van der Waals surface area (Å²) in [5.41, 5.74) is 1.39. The highest BCUT2D eigenvalue weighted by Gasteiger charge is 2.18. The number of hydrogen-bond donors (Lipinski definition) is 1. The summed E-state index contributed by atoms with van der Waals surface area (Å²) in [6, 6.07) is 10.9. The van der Waals surface area contributed by atoms with Gasteiger partial charge in [-0.05, 0) is 38.4 Å². The van der Waals surface area contributed by atoms with Crippen molar-refractivity contribution in [1.82, 2.24) is 13.9 Å². The summed E-state index contributed by atoms with van der Waals surface area (Å²) in [4.78, 5) is 39.4. The van der Waals surface area contributed by atoms with Crippen LogP contribution in [-0.2, 0) is 11.3 Å². The molecule has 7 heteroatoms. The van der Waals surface area contributed by atoms with Gasteiger partial charge in [0.05, 0.1) is 16.4 Å². The summed E-state index contributed by atoms with van der Waals surface area (Å²) < 4.78 is 2.90. The minimum absolute atomic E-state index is 0.163. The van der Waals surface area contributed by atoms with Gasteiger partial charge in [-0.15, -0.1) is 0 Å². The molecular formula is C20H20N4O3. The molecule has 1 N–H and O–H groups in total. The number of nitrogens with one attached hydrogen (secondary N) is 1. The smallest absolute Gasteiger partial charge is 0.326 e. The molecule has 0 aliphatic heterocycles. The lowest BCUT2D eigenvalue weighted by Crippen LogP contribution is -2.39. The van der Waals surface area contributed by atoms with Gasteiger partial charge in [-0.2, -0.15) is 0 Å². The second-order valence-electron chi connectivity index (χ2n) is 6.99. The van der Waals surface area contributed by atoms with Crippen LogP contribution in [0.25, 0.3) is 27.2 Å². The molecular weight excluding hydrogens is 344 g/mol. The van der Waals surface area contributed by atoms with E-state index in [9.17, 15) is 14.4 Å². The van der Waals surface area contributed by atoms with E-state index >= 15 is 0 Å². The number of rotatable bonds is 4. The molecule has 2 heterocycles. The second kappa shape index (κ2) is 6.21. The second-order valence-corrected chi connectivity index (χ2v) is 6.99. The van der Waals surface area contributed by atoms with Crippen LogP contribution in [0.15, 0.2) is 46.0 Å². The molecule has 0 radical (unpaired) electrons. The molecule has 0 unspecified atom stereocenters. The monoisotopic (exact) mass is 364 g/mol. The summed E-state index contributed by atoms with van der Waals surface area (Å²) in [5, 5.41) is 4.93. The van der Waals surface area contributed by atoms with Crippen molar-refractivity contribution in [3.63, 3.8) is 0 Å². The van der Waals surface area contributed by atoms with E-state index in [1.54, 1.807) is 16.5 Å². The lowest BCUT2D eigenvalue weighted by atomic mass is 10.1. The molecule has 27 heavy (non-hydrogen) atoms. The molecule has 0 saturated carbocycles. The topological polar surface area (TPSA) is 75.8 Å². The molecule has 2 aromatic heterocycles. The Morgan fingerprint density at radius 3 is 2.52 bits per heavy atom. The van der Waals surface area contributed by atoms with Gasteiger partial charge in [0.1, 0.15) is 0 Å². The van der Waals surface area contributed by atoms with Crippen molar-refractivity contribution < 1.29 is 4.79 Å². The molecule has 0 fully saturated rings. The van der Waals surface area contributed by atoms with Gasteiger partial charge in [0, 0.05) is 36.5 Å². The summed E-state index contributed by atoms with van der Waals surface area (Å²) in [6.07, 6.45) is 0. The normalized spacial score (nSPS) is 11.9. The highest BCUT2D eigenvalue weighted by Crippen LogP contribution is 2.31. The highest BCUT2D eigenvalue weighted by atomic mass is 16.2. The lowest BCUT2D eigenvalue weighted by molar-refractivity contribution is -0.114. The molecule has 1 amide bonds. The number of nitrogens with zero attached hydrogens (tertiary/aromatic N) is 3. The number of carbonyl (C=O) groups is 1. The zero-order chi connectivity index (χ0) is 19.3. The Labute approximate surface area is 154 Å². The third-order valence-corrected chi connectivity index (χ3v) is 4.78. The maximum Gasteiger partial charge on any atom is 0.336 e. The minimum atomic E-state index is -0.340. The van der Waals surface area contributed by atoms with Crippen molar-refractivity contribution in [2.75, 3.05) is 26.0 Å². The molecule has 7 nitrogen and oxygen atoms in total. The number of carbonyl (C=O) groups excluding carboxylic acids is 1. The summed E-state index contributed by atoms with van der Waals surface area (Å²) in [6.45, 7) is 2.36. The van der Waals surface area contributed by atoms with Gasteiger partial charge in [-0.3, -0.25) is 18.6 Å². The van der Waals surface area contributed by atoms with Crippen LogP contribution in [0.3, 0.4) is 0 Å². The van der Waals surface area contributed by atoms with E-state index in [1.807, 2.05) is 43.3 Å². The molecule has 0 bridgehead atoms. The SMILES string of the molecule is CC(=O)Nc1ccc2c(c1)c1cccc3c(=O)n(CCN(C)C)c(=O)n2c31. The lowest BCUT2D eigenvalue weighted by Gasteiger charge is -2.12. The van der Waals surface area contributed by atoms with Crippen LogP contribution in [0, 0.1) is 0 Å². The Bertz CT molecular complexity index is 1300. The summed E-state index contributed by atoms with van der Waals surface area (Å²) >= 11 is 0. The van der Waals surface area contributed by atoms with Gasteiger partial charge in [0.25, 0.3) is 5.56 Å². The zero-order valence-electron chi connectivity index (χ0n) is 15.4. The van der Waals surface area contributed by atoms with Crippen LogP contribution >= 0.6 is 0 Å². The van der Waals surface area contributed by atoms with Gasteiger partial charge < -0.3 is 10.2 Å². The number of fused-ring (bicyclic) bond motifs is 3. The molecule has 0 aliphatic carbocycles. The van der Waals surface area contributed by atoms with Crippen LogP contribution in [-0.4, -0.2) is 40.4 Å². The van der Waals surface area contributed by atoms with Crippen LogP contribution in [0.5, 0.6) is 0 Å². The van der Waals surface area contributed by atoms with Gasteiger partial charge >= 0.3 is 5.69 Å². The number of aromatic nitrogens is 2. The van der Waals surface area contributed by atoms with Crippen molar-refractivity contribution in [2.24, 2.45) is 0 Å². The maximum atomic E-state index is 13.1. The average molecular weight is 364 g/mol. The van der Waals surface area contributed by atoms with E-state index in [2.05, 4.69) is 5.32 Å². The summed E-state index contributed by atoms with van der Waals surface area (Å²) in [5.74, 6) is -0.163. The van der Waals surface area contributed by atoms with Crippen molar-refractivity contribution in [1.29, 1.82) is 0 Å². The summed E-state index contributed by atoms with van der Waals surface area (Å²) in [7, 11) is 3.80. The van der Waals surface area contributed by atoms with Gasteiger partial charge in [-0.1, -0.05) is 12.1 Å². The third-order valence-electron chi connectivity index (χ3n) is 4.78. The van der Waals surface area contributed by atoms with E-state index in [4.69, 9.17) is 0 Å². The molecule has 0 spiro atoms. The van der Waals surface area contributed by atoms with Gasteiger partial charge in [0.2, 0.25) is 5.91 Å². The largest absolute Gasteiger partial charge is 0.336 e. The standard InChI is InChI=1S/C20H20N4O3/c1-12(25)21-13-7-8-17-16(11-13)14-5-4-6-15-18(14)24(17)20(27)23(19(15)26)10-9-22(2)3/h4-8,11H,9-10H2,1-3H3,(H,21,25).